The van der Waals surface area contributed by atoms with Crippen molar-refractivity contribution in [1.29, 1.82) is 0 Å². The van der Waals surface area contributed by atoms with Crippen molar-refractivity contribution in [3.05, 3.63) is 51.7 Å². The molecule has 8 heteroatoms. The third kappa shape index (κ3) is 6.89. The molecule has 0 saturated carbocycles. The molecule has 0 atom stereocenters. The minimum absolute atomic E-state index is 0. The summed E-state index contributed by atoms with van der Waals surface area (Å²) in [7, 11) is 0. The van der Waals surface area contributed by atoms with Gasteiger partial charge in [0.15, 0.2) is 5.96 Å². The molecule has 0 unspecified atom stereocenters. The molecule has 0 radical (unpaired) electrons. The number of hydrogen-bond donors (Lipinski definition) is 2. The summed E-state index contributed by atoms with van der Waals surface area (Å²) in [5.41, 5.74) is 0.823. The monoisotopic (exact) mass is 532 g/mol. The lowest BCUT2D eigenvalue weighted by Gasteiger charge is -2.36. The molecular formula is C21H30FIN4OS. The Morgan fingerprint density at radius 3 is 2.76 bits per heavy atom. The summed E-state index contributed by atoms with van der Waals surface area (Å²) in [6, 6.07) is 6.93. The fourth-order valence-electron chi connectivity index (χ4n) is 3.50. The van der Waals surface area contributed by atoms with E-state index in [0.717, 1.165) is 48.9 Å². The number of guanidine groups is 1. The molecule has 0 spiro atoms. The van der Waals surface area contributed by atoms with Crippen LogP contribution in [0.3, 0.4) is 0 Å². The van der Waals surface area contributed by atoms with E-state index >= 15 is 0 Å². The number of benzene rings is 1. The van der Waals surface area contributed by atoms with Crippen LogP contribution in [0.25, 0.3) is 0 Å². The van der Waals surface area contributed by atoms with Crippen LogP contribution in [-0.4, -0.2) is 43.8 Å². The third-order valence-corrected chi connectivity index (χ3v) is 6.04. The van der Waals surface area contributed by atoms with Crippen LogP contribution in [0.4, 0.5) is 4.39 Å². The number of rotatable bonds is 7. The van der Waals surface area contributed by atoms with Crippen molar-refractivity contribution in [2.75, 3.05) is 32.8 Å². The largest absolute Gasteiger partial charge is 0.381 e. The Bertz CT molecular complexity index is 792. The van der Waals surface area contributed by atoms with Gasteiger partial charge >= 0.3 is 0 Å². The molecule has 2 aromatic rings. The van der Waals surface area contributed by atoms with Crippen molar-refractivity contribution in [2.24, 2.45) is 4.99 Å². The Labute approximate surface area is 193 Å². The molecule has 1 aromatic carbocycles. The third-order valence-electron chi connectivity index (χ3n) is 5.07. The van der Waals surface area contributed by atoms with Crippen LogP contribution >= 0.6 is 35.3 Å². The zero-order valence-electron chi connectivity index (χ0n) is 17.0. The number of aliphatic imine (C=N–C) groups is 1. The van der Waals surface area contributed by atoms with Gasteiger partial charge in [0, 0.05) is 49.2 Å². The molecule has 0 aliphatic carbocycles. The molecule has 2 N–H and O–H groups in total. The second-order valence-electron chi connectivity index (χ2n) is 7.14. The van der Waals surface area contributed by atoms with E-state index in [-0.39, 0.29) is 35.2 Å². The fraction of sp³-hybridized carbons (Fsp3) is 0.524. The summed E-state index contributed by atoms with van der Waals surface area (Å²) in [4.78, 5) is 10.5. The fourth-order valence-corrected chi connectivity index (χ4v) is 4.28. The molecular weight excluding hydrogens is 502 g/mol. The first-order valence-electron chi connectivity index (χ1n) is 9.88. The lowest BCUT2D eigenvalue weighted by Crippen LogP contribution is -2.41. The summed E-state index contributed by atoms with van der Waals surface area (Å²) in [6.07, 6.45) is 4.47. The van der Waals surface area contributed by atoms with Crippen LogP contribution in [0.15, 0.2) is 35.5 Å². The van der Waals surface area contributed by atoms with Gasteiger partial charge in [0.25, 0.3) is 0 Å². The second kappa shape index (κ2) is 11.8. The summed E-state index contributed by atoms with van der Waals surface area (Å²) >= 11 is 1.73. The van der Waals surface area contributed by atoms with Crippen LogP contribution in [0.1, 0.15) is 35.2 Å². The minimum Gasteiger partial charge on any atom is -0.381 e. The Balaban J connectivity index is 0.00000300. The van der Waals surface area contributed by atoms with Crippen LogP contribution < -0.4 is 10.6 Å². The number of hydrogen-bond acceptors (Lipinski definition) is 4. The molecule has 1 aliphatic heterocycles. The van der Waals surface area contributed by atoms with Gasteiger partial charge in [0.1, 0.15) is 5.82 Å². The van der Waals surface area contributed by atoms with E-state index in [1.165, 1.54) is 10.9 Å². The summed E-state index contributed by atoms with van der Waals surface area (Å²) < 4.78 is 19.4. The molecule has 1 aliphatic rings. The van der Waals surface area contributed by atoms with E-state index in [0.29, 0.717) is 19.8 Å². The minimum atomic E-state index is -0.198. The normalized spacial score (nSPS) is 16.2. The van der Waals surface area contributed by atoms with E-state index in [9.17, 15) is 4.39 Å². The average Bonchev–Trinajstić information content (AvgIpc) is 3.12. The first-order chi connectivity index (χ1) is 13.6. The van der Waals surface area contributed by atoms with E-state index in [1.807, 2.05) is 12.3 Å². The van der Waals surface area contributed by atoms with Gasteiger partial charge in [0.2, 0.25) is 0 Å². The maximum Gasteiger partial charge on any atom is 0.191 e. The molecule has 1 fully saturated rings. The number of ether oxygens (including phenoxy) is 1. The van der Waals surface area contributed by atoms with Crippen molar-refractivity contribution in [3.8, 4) is 0 Å². The van der Waals surface area contributed by atoms with Gasteiger partial charge in [-0.15, -0.1) is 35.3 Å². The highest BCUT2D eigenvalue weighted by molar-refractivity contribution is 14.0. The predicted octanol–water partition coefficient (Wildman–Crippen LogP) is 4.05. The van der Waals surface area contributed by atoms with Crippen molar-refractivity contribution in [1.82, 2.24) is 15.6 Å². The van der Waals surface area contributed by atoms with Gasteiger partial charge in [0.05, 0.1) is 11.6 Å². The van der Waals surface area contributed by atoms with Gasteiger partial charge in [-0.25, -0.2) is 9.37 Å². The number of aromatic nitrogens is 1. The van der Waals surface area contributed by atoms with Crippen LogP contribution in [0, 0.1) is 12.7 Å². The molecule has 3 rings (SSSR count). The standard InChI is InChI=1S/C21H29FN4OS.HI/c1-3-23-20(24-10-7-19-25-14-16(2)28-19)26-15-21(8-11-27-12-9-21)17-5-4-6-18(22)13-17;/h4-6,13-14H,3,7-12,15H2,1-2H3,(H2,23,24,26);1H. The van der Waals surface area contributed by atoms with Crippen LogP contribution in [-0.2, 0) is 16.6 Å². The smallest absolute Gasteiger partial charge is 0.191 e. The molecule has 1 aromatic heterocycles. The maximum absolute atomic E-state index is 13.8. The molecule has 0 amide bonds. The molecule has 2 heterocycles. The highest BCUT2D eigenvalue weighted by Crippen LogP contribution is 2.35. The van der Waals surface area contributed by atoms with Crippen molar-refractivity contribution < 1.29 is 9.13 Å². The highest BCUT2D eigenvalue weighted by atomic mass is 127. The van der Waals surface area contributed by atoms with Crippen LogP contribution in [0.2, 0.25) is 0 Å². The molecule has 0 bridgehead atoms. The van der Waals surface area contributed by atoms with E-state index in [4.69, 9.17) is 9.73 Å². The number of halogens is 2. The Morgan fingerprint density at radius 2 is 2.10 bits per heavy atom. The summed E-state index contributed by atoms with van der Waals surface area (Å²) in [6.45, 7) is 7.65. The number of thiazole rings is 1. The second-order valence-corrected chi connectivity index (χ2v) is 8.46. The lowest BCUT2D eigenvalue weighted by atomic mass is 9.74. The molecule has 1 saturated heterocycles. The zero-order chi connectivity index (χ0) is 19.8. The van der Waals surface area contributed by atoms with Crippen molar-refractivity contribution >= 4 is 41.3 Å². The van der Waals surface area contributed by atoms with Gasteiger partial charge in [-0.05, 0) is 44.4 Å². The summed E-state index contributed by atoms with van der Waals surface area (Å²) in [5, 5.41) is 7.83. The topological polar surface area (TPSA) is 58.5 Å². The Morgan fingerprint density at radius 1 is 1.31 bits per heavy atom. The maximum atomic E-state index is 13.8. The number of nitrogens with one attached hydrogen (secondary N) is 2. The first kappa shape index (κ1) is 24.0. The van der Waals surface area contributed by atoms with Crippen molar-refractivity contribution in [3.63, 3.8) is 0 Å². The van der Waals surface area contributed by atoms with E-state index in [2.05, 4.69) is 29.5 Å². The Kier molecular flexibility index (Phi) is 9.78. The van der Waals surface area contributed by atoms with Gasteiger partial charge in [-0.3, -0.25) is 4.99 Å². The first-order valence-corrected chi connectivity index (χ1v) is 10.7. The number of nitrogens with zero attached hydrogens (tertiary/aromatic N) is 2. The predicted molar refractivity (Wildman–Crippen MR) is 128 cm³/mol. The molecule has 160 valence electrons. The number of aryl methyl sites for hydroxylation is 1. The highest BCUT2D eigenvalue weighted by Gasteiger charge is 2.34. The summed E-state index contributed by atoms with van der Waals surface area (Å²) in [5.74, 6) is 0.592. The molecule has 5 nitrogen and oxygen atoms in total. The SMILES string of the molecule is CCNC(=NCC1(c2cccc(F)c2)CCOCC1)NCCc1ncc(C)s1.I. The lowest BCUT2D eigenvalue weighted by molar-refractivity contribution is 0.0530. The van der Waals surface area contributed by atoms with Crippen molar-refractivity contribution in [2.45, 2.75) is 38.5 Å². The van der Waals surface area contributed by atoms with E-state index in [1.54, 1.807) is 23.5 Å². The Hall–Kier alpha value is -1.26. The van der Waals surface area contributed by atoms with Gasteiger partial charge < -0.3 is 15.4 Å². The van der Waals surface area contributed by atoms with E-state index < -0.39 is 0 Å². The quantitative estimate of drug-likeness (QED) is 0.321. The molecule has 29 heavy (non-hydrogen) atoms. The van der Waals surface area contributed by atoms with Crippen LogP contribution in [0.5, 0.6) is 0 Å². The van der Waals surface area contributed by atoms with Gasteiger partial charge in [-0.1, -0.05) is 12.1 Å². The zero-order valence-corrected chi connectivity index (χ0v) is 20.2. The average molecular weight is 532 g/mol. The van der Waals surface area contributed by atoms with Gasteiger partial charge in [-0.2, -0.15) is 0 Å².